The van der Waals surface area contributed by atoms with Crippen molar-refractivity contribution in [3.8, 4) is 0 Å². The van der Waals surface area contributed by atoms with Gasteiger partial charge in [-0.1, -0.05) is 19.4 Å². The third kappa shape index (κ3) is 4.00. The molecule has 0 aliphatic rings. The van der Waals surface area contributed by atoms with Gasteiger partial charge >= 0.3 is 0 Å². The van der Waals surface area contributed by atoms with E-state index in [1.165, 1.54) is 28.6 Å². The molecule has 0 heterocycles. The molecule has 1 aromatic carbocycles. The Morgan fingerprint density at radius 3 is 2.65 bits per heavy atom. The van der Waals surface area contributed by atoms with Gasteiger partial charge in [0.05, 0.1) is 5.69 Å². The molecule has 0 aliphatic carbocycles. The Hall–Kier alpha value is -0.540. The van der Waals surface area contributed by atoms with Gasteiger partial charge in [0.1, 0.15) is 0 Å². The fourth-order valence-electron chi connectivity index (χ4n) is 2.00. The van der Waals surface area contributed by atoms with Crippen LogP contribution in [0.3, 0.4) is 0 Å². The zero-order valence-electron chi connectivity index (χ0n) is 11.3. The Kier molecular flexibility index (Phi) is 6.00. The Bertz CT molecular complexity index is 352. The van der Waals surface area contributed by atoms with Gasteiger partial charge in [-0.2, -0.15) is 0 Å². The van der Waals surface area contributed by atoms with E-state index >= 15 is 0 Å². The molecule has 0 saturated carbocycles. The van der Waals surface area contributed by atoms with Crippen molar-refractivity contribution in [3.63, 3.8) is 0 Å². The number of hydrogen-bond acceptors (Lipinski definition) is 2. The summed E-state index contributed by atoms with van der Waals surface area (Å²) in [6.07, 6.45) is 2.45. The lowest BCUT2D eigenvalue weighted by Crippen LogP contribution is -2.28. The molecule has 0 radical (unpaired) electrons. The number of benzene rings is 1. The summed E-state index contributed by atoms with van der Waals surface area (Å²) < 4.78 is 1.18. The molecule has 0 fully saturated rings. The molecule has 1 N–H and O–H groups in total. The zero-order valence-corrected chi connectivity index (χ0v) is 12.8. The van der Waals surface area contributed by atoms with Crippen LogP contribution in [-0.4, -0.2) is 20.1 Å². The first-order valence-electron chi connectivity index (χ1n) is 6.26. The average molecular weight is 299 g/mol. The van der Waals surface area contributed by atoms with Crippen molar-refractivity contribution in [2.24, 2.45) is 0 Å². The molecule has 17 heavy (non-hydrogen) atoms. The van der Waals surface area contributed by atoms with Crippen molar-refractivity contribution in [1.82, 2.24) is 5.32 Å². The van der Waals surface area contributed by atoms with Gasteiger partial charge in [-0.3, -0.25) is 0 Å². The highest BCUT2D eigenvalue weighted by Crippen LogP contribution is 2.28. The summed E-state index contributed by atoms with van der Waals surface area (Å²) in [6.45, 7) is 5.42. The van der Waals surface area contributed by atoms with E-state index in [-0.39, 0.29) is 0 Å². The van der Waals surface area contributed by atoms with Crippen LogP contribution < -0.4 is 10.2 Å². The average Bonchev–Trinajstić information content (AvgIpc) is 2.29. The molecule has 1 rings (SSSR count). The molecule has 1 atom stereocenters. The number of hydrogen-bond donors (Lipinski definition) is 1. The first kappa shape index (κ1) is 14.5. The molecule has 0 aromatic heterocycles. The van der Waals surface area contributed by atoms with Crippen LogP contribution in [0, 0.1) is 0 Å². The van der Waals surface area contributed by atoms with E-state index in [0.29, 0.717) is 6.04 Å². The Morgan fingerprint density at radius 2 is 2.12 bits per heavy atom. The van der Waals surface area contributed by atoms with Gasteiger partial charge < -0.3 is 10.2 Å². The quantitative estimate of drug-likeness (QED) is 0.859. The van der Waals surface area contributed by atoms with E-state index < -0.39 is 0 Å². The van der Waals surface area contributed by atoms with Crippen molar-refractivity contribution in [1.29, 1.82) is 0 Å². The van der Waals surface area contributed by atoms with Crippen molar-refractivity contribution in [2.75, 3.05) is 19.0 Å². The van der Waals surface area contributed by atoms with E-state index in [4.69, 9.17) is 0 Å². The van der Waals surface area contributed by atoms with Crippen LogP contribution in [0.25, 0.3) is 0 Å². The van der Waals surface area contributed by atoms with Gasteiger partial charge in [-0.25, -0.2) is 0 Å². The minimum absolute atomic E-state index is 0.575. The summed E-state index contributed by atoms with van der Waals surface area (Å²) in [5, 5.41) is 3.17. The maximum atomic E-state index is 3.67. The molecule has 0 spiro atoms. The van der Waals surface area contributed by atoms with Crippen LogP contribution in [0.4, 0.5) is 5.69 Å². The topological polar surface area (TPSA) is 15.3 Å². The highest BCUT2D eigenvalue weighted by atomic mass is 79.9. The molecule has 1 unspecified atom stereocenters. The number of nitrogens with zero attached hydrogens (tertiary/aromatic N) is 1. The fraction of sp³-hybridized carbons (Fsp3) is 0.571. The summed E-state index contributed by atoms with van der Waals surface area (Å²) in [6, 6.07) is 7.15. The van der Waals surface area contributed by atoms with Crippen LogP contribution in [0.1, 0.15) is 32.3 Å². The molecular weight excluding hydrogens is 276 g/mol. The molecule has 0 amide bonds. The van der Waals surface area contributed by atoms with Gasteiger partial charge in [0, 0.05) is 24.1 Å². The van der Waals surface area contributed by atoms with Crippen LogP contribution in [-0.2, 0) is 6.54 Å². The summed E-state index contributed by atoms with van der Waals surface area (Å²) >= 11 is 3.67. The first-order chi connectivity index (χ1) is 8.10. The standard InChI is InChI=1S/C14H23BrN2/c1-5-6-11(2)17(4)14-8-7-12(10-16-3)9-13(14)15/h7-9,11,16H,5-6,10H2,1-4H3. The largest absolute Gasteiger partial charge is 0.371 e. The third-order valence-electron chi connectivity index (χ3n) is 3.14. The minimum atomic E-state index is 0.575. The molecule has 0 bridgehead atoms. The van der Waals surface area contributed by atoms with Crippen LogP contribution in [0.15, 0.2) is 22.7 Å². The van der Waals surface area contributed by atoms with Crippen molar-refractivity contribution in [2.45, 2.75) is 39.3 Å². The number of anilines is 1. The van der Waals surface area contributed by atoms with Crippen molar-refractivity contribution in [3.05, 3.63) is 28.2 Å². The zero-order chi connectivity index (χ0) is 12.8. The normalized spacial score (nSPS) is 12.5. The lowest BCUT2D eigenvalue weighted by Gasteiger charge is -2.28. The van der Waals surface area contributed by atoms with Crippen LogP contribution in [0.2, 0.25) is 0 Å². The minimum Gasteiger partial charge on any atom is -0.371 e. The van der Waals surface area contributed by atoms with E-state index in [1.54, 1.807) is 0 Å². The van der Waals surface area contributed by atoms with Crippen molar-refractivity contribution < 1.29 is 0 Å². The molecule has 96 valence electrons. The lowest BCUT2D eigenvalue weighted by molar-refractivity contribution is 0.615. The number of nitrogens with one attached hydrogen (secondary N) is 1. The number of rotatable bonds is 6. The summed E-state index contributed by atoms with van der Waals surface area (Å²) in [5.41, 5.74) is 2.57. The Labute approximate surface area is 114 Å². The van der Waals surface area contributed by atoms with E-state index in [0.717, 1.165) is 6.54 Å². The van der Waals surface area contributed by atoms with E-state index in [2.05, 4.69) is 65.2 Å². The molecule has 0 saturated heterocycles. The monoisotopic (exact) mass is 298 g/mol. The summed E-state index contributed by atoms with van der Waals surface area (Å²) in [4.78, 5) is 2.34. The van der Waals surface area contributed by atoms with Crippen molar-refractivity contribution >= 4 is 21.6 Å². The van der Waals surface area contributed by atoms with E-state index in [9.17, 15) is 0 Å². The van der Waals surface area contributed by atoms with Gasteiger partial charge in [0.15, 0.2) is 0 Å². The molecule has 2 nitrogen and oxygen atoms in total. The van der Waals surface area contributed by atoms with E-state index in [1.807, 2.05) is 7.05 Å². The molecule has 3 heteroatoms. The Balaban J connectivity index is 2.83. The smallest absolute Gasteiger partial charge is 0.0510 e. The third-order valence-corrected chi connectivity index (χ3v) is 3.78. The Morgan fingerprint density at radius 1 is 1.41 bits per heavy atom. The second kappa shape index (κ2) is 7.02. The first-order valence-corrected chi connectivity index (χ1v) is 7.05. The summed E-state index contributed by atoms with van der Waals surface area (Å²) in [5.74, 6) is 0. The van der Waals surface area contributed by atoms with Gasteiger partial charge in [-0.05, 0) is 54.0 Å². The highest BCUT2D eigenvalue weighted by molar-refractivity contribution is 9.10. The SMILES string of the molecule is CCCC(C)N(C)c1ccc(CNC)cc1Br. The van der Waals surface area contributed by atoms with Crippen LogP contribution >= 0.6 is 15.9 Å². The lowest BCUT2D eigenvalue weighted by atomic mass is 10.1. The molecular formula is C14H23BrN2. The predicted octanol–water partition coefficient (Wildman–Crippen LogP) is 3.79. The second-order valence-corrected chi connectivity index (χ2v) is 5.42. The fourth-order valence-corrected chi connectivity index (χ4v) is 2.71. The van der Waals surface area contributed by atoms with Crippen LogP contribution in [0.5, 0.6) is 0 Å². The number of halogens is 1. The second-order valence-electron chi connectivity index (χ2n) is 4.56. The maximum absolute atomic E-state index is 3.67. The van der Waals surface area contributed by atoms with Gasteiger partial charge in [0.25, 0.3) is 0 Å². The highest BCUT2D eigenvalue weighted by Gasteiger charge is 2.12. The predicted molar refractivity (Wildman–Crippen MR) is 79.7 cm³/mol. The molecule has 0 aliphatic heterocycles. The summed E-state index contributed by atoms with van der Waals surface area (Å²) in [7, 11) is 4.13. The molecule has 1 aromatic rings. The maximum Gasteiger partial charge on any atom is 0.0510 e. The van der Waals surface area contributed by atoms with Gasteiger partial charge in [0.2, 0.25) is 0 Å². The van der Waals surface area contributed by atoms with Gasteiger partial charge in [-0.15, -0.1) is 0 Å².